The van der Waals surface area contributed by atoms with E-state index in [1.54, 1.807) is 6.07 Å². The van der Waals surface area contributed by atoms with E-state index < -0.39 is 24.1 Å². The molecule has 1 fully saturated rings. The Kier molecular flexibility index (Phi) is 3.69. The SMILES string of the molecule is O=C(c1cccc(Cl)c1Cl)N1CCC(F)(C(=O)O)C1. The van der Waals surface area contributed by atoms with Gasteiger partial charge < -0.3 is 10.0 Å². The Hall–Kier alpha value is -1.33. The fraction of sp³-hybridized carbons (Fsp3) is 0.333. The first-order valence-corrected chi connectivity index (χ1v) is 6.26. The number of hydrogen-bond donors (Lipinski definition) is 1. The molecule has 1 aliphatic heterocycles. The zero-order chi connectivity index (χ0) is 14.2. The molecule has 1 N–H and O–H groups in total. The van der Waals surface area contributed by atoms with Crippen molar-refractivity contribution in [2.45, 2.75) is 12.1 Å². The Labute approximate surface area is 118 Å². The molecular formula is C12H10Cl2FNO3. The minimum atomic E-state index is -2.39. The summed E-state index contributed by atoms with van der Waals surface area (Å²) in [6.07, 6.45) is -0.230. The molecule has 2 rings (SSSR count). The topological polar surface area (TPSA) is 57.6 Å². The smallest absolute Gasteiger partial charge is 0.343 e. The number of hydrogen-bond acceptors (Lipinski definition) is 2. The molecule has 1 aliphatic rings. The number of benzene rings is 1. The molecular weight excluding hydrogens is 296 g/mol. The van der Waals surface area contributed by atoms with E-state index in [0.29, 0.717) is 0 Å². The van der Waals surface area contributed by atoms with Crippen molar-refractivity contribution in [2.75, 3.05) is 13.1 Å². The van der Waals surface area contributed by atoms with Gasteiger partial charge in [-0.05, 0) is 12.1 Å². The van der Waals surface area contributed by atoms with Crippen LogP contribution in [0.15, 0.2) is 18.2 Å². The third-order valence-electron chi connectivity index (χ3n) is 3.07. The third kappa shape index (κ3) is 2.53. The molecule has 1 aromatic rings. The number of rotatable bonds is 2. The number of carbonyl (C=O) groups excluding carboxylic acids is 1. The summed E-state index contributed by atoms with van der Waals surface area (Å²) in [4.78, 5) is 24.1. The second-order valence-electron chi connectivity index (χ2n) is 4.35. The lowest BCUT2D eigenvalue weighted by Crippen LogP contribution is -2.39. The standard InChI is InChI=1S/C12H10Cl2FNO3/c13-8-3-1-2-7(9(8)14)10(17)16-5-4-12(15,6-16)11(18)19/h1-3H,4-6H2,(H,18,19). The van der Waals surface area contributed by atoms with Crippen LogP contribution in [0.25, 0.3) is 0 Å². The van der Waals surface area contributed by atoms with Crippen molar-refractivity contribution >= 4 is 35.1 Å². The van der Waals surface area contributed by atoms with Crippen LogP contribution in [-0.2, 0) is 4.79 Å². The van der Waals surface area contributed by atoms with Crippen LogP contribution in [0.4, 0.5) is 4.39 Å². The predicted octanol–water partition coefficient (Wildman–Crippen LogP) is 2.63. The molecule has 0 aliphatic carbocycles. The van der Waals surface area contributed by atoms with Crippen LogP contribution >= 0.6 is 23.2 Å². The lowest BCUT2D eigenvalue weighted by Gasteiger charge is -2.18. The van der Waals surface area contributed by atoms with Gasteiger partial charge in [0.05, 0.1) is 22.2 Å². The lowest BCUT2D eigenvalue weighted by atomic mass is 10.1. The fourth-order valence-corrected chi connectivity index (χ4v) is 2.34. The molecule has 1 unspecified atom stereocenters. The highest BCUT2D eigenvalue weighted by Gasteiger charge is 2.47. The molecule has 7 heteroatoms. The Morgan fingerprint density at radius 3 is 2.63 bits per heavy atom. The minimum absolute atomic E-state index is 0.0322. The number of carbonyl (C=O) groups is 2. The molecule has 0 aromatic heterocycles. The summed E-state index contributed by atoms with van der Waals surface area (Å²) >= 11 is 11.7. The number of amides is 1. The Bertz CT molecular complexity index is 552. The van der Waals surface area contributed by atoms with Crippen molar-refractivity contribution in [3.63, 3.8) is 0 Å². The van der Waals surface area contributed by atoms with E-state index in [1.807, 2.05) is 0 Å². The zero-order valence-electron chi connectivity index (χ0n) is 9.70. The lowest BCUT2D eigenvalue weighted by molar-refractivity contribution is -0.149. The second-order valence-corrected chi connectivity index (χ2v) is 5.13. The van der Waals surface area contributed by atoms with Crippen molar-refractivity contribution in [3.05, 3.63) is 33.8 Å². The van der Waals surface area contributed by atoms with Gasteiger partial charge in [0.1, 0.15) is 0 Å². The van der Waals surface area contributed by atoms with Gasteiger partial charge in [0.2, 0.25) is 5.67 Å². The number of halogens is 3. The van der Waals surface area contributed by atoms with E-state index in [-0.39, 0.29) is 28.6 Å². The highest BCUT2D eigenvalue weighted by Crippen LogP contribution is 2.30. The Morgan fingerprint density at radius 2 is 2.05 bits per heavy atom. The van der Waals surface area contributed by atoms with Crippen LogP contribution in [0.3, 0.4) is 0 Å². The summed E-state index contributed by atoms with van der Waals surface area (Å²) in [5, 5.41) is 9.08. The second kappa shape index (κ2) is 4.98. The van der Waals surface area contributed by atoms with E-state index in [2.05, 4.69) is 0 Å². The number of likely N-dealkylation sites (tertiary alicyclic amines) is 1. The summed E-state index contributed by atoms with van der Waals surface area (Å²) in [5.41, 5.74) is -2.25. The number of carboxylic acids is 1. The maximum absolute atomic E-state index is 13.9. The average molecular weight is 306 g/mol. The van der Waals surface area contributed by atoms with Gasteiger partial charge in [-0.2, -0.15) is 0 Å². The van der Waals surface area contributed by atoms with Crippen LogP contribution in [-0.4, -0.2) is 40.6 Å². The average Bonchev–Trinajstić information content (AvgIpc) is 2.76. The fourth-order valence-electron chi connectivity index (χ4n) is 1.96. The van der Waals surface area contributed by atoms with Gasteiger partial charge in [-0.1, -0.05) is 29.3 Å². The third-order valence-corrected chi connectivity index (χ3v) is 3.89. The van der Waals surface area contributed by atoms with E-state index in [4.69, 9.17) is 28.3 Å². The maximum Gasteiger partial charge on any atom is 0.343 e. The van der Waals surface area contributed by atoms with Crippen LogP contribution in [0.1, 0.15) is 16.8 Å². The Morgan fingerprint density at radius 1 is 1.37 bits per heavy atom. The zero-order valence-corrected chi connectivity index (χ0v) is 11.2. The first-order chi connectivity index (χ1) is 8.85. The van der Waals surface area contributed by atoms with Gasteiger partial charge in [0, 0.05) is 13.0 Å². The monoisotopic (exact) mass is 305 g/mol. The van der Waals surface area contributed by atoms with Crippen molar-refractivity contribution < 1.29 is 19.1 Å². The minimum Gasteiger partial charge on any atom is -0.479 e. The summed E-state index contributed by atoms with van der Waals surface area (Å²) in [7, 11) is 0. The van der Waals surface area contributed by atoms with Crippen molar-refractivity contribution in [2.24, 2.45) is 0 Å². The van der Waals surface area contributed by atoms with Gasteiger partial charge in [0.25, 0.3) is 5.91 Å². The highest BCUT2D eigenvalue weighted by molar-refractivity contribution is 6.43. The molecule has 4 nitrogen and oxygen atoms in total. The van der Waals surface area contributed by atoms with E-state index in [9.17, 15) is 14.0 Å². The summed E-state index contributed by atoms with van der Waals surface area (Å²) in [6, 6.07) is 4.55. The van der Waals surface area contributed by atoms with Crippen molar-refractivity contribution in [3.8, 4) is 0 Å². The molecule has 1 atom stereocenters. The quantitative estimate of drug-likeness (QED) is 0.914. The molecule has 102 valence electrons. The number of alkyl halides is 1. The van der Waals surface area contributed by atoms with Gasteiger partial charge >= 0.3 is 5.97 Å². The summed E-state index contributed by atoms with van der Waals surface area (Å²) < 4.78 is 13.9. The Balaban J connectivity index is 2.23. The van der Waals surface area contributed by atoms with Crippen LogP contribution in [0, 0.1) is 0 Å². The van der Waals surface area contributed by atoms with Crippen molar-refractivity contribution in [1.82, 2.24) is 4.90 Å². The number of aliphatic carboxylic acids is 1. The van der Waals surface area contributed by atoms with Crippen molar-refractivity contribution in [1.29, 1.82) is 0 Å². The molecule has 0 saturated carbocycles. The maximum atomic E-state index is 13.9. The van der Waals surface area contributed by atoms with Gasteiger partial charge in [-0.15, -0.1) is 0 Å². The molecule has 19 heavy (non-hydrogen) atoms. The normalized spacial score (nSPS) is 22.6. The highest BCUT2D eigenvalue weighted by atomic mass is 35.5. The largest absolute Gasteiger partial charge is 0.479 e. The first kappa shape index (κ1) is 14.1. The molecule has 1 aromatic carbocycles. The van der Waals surface area contributed by atoms with Crippen LogP contribution in [0.5, 0.6) is 0 Å². The molecule has 1 saturated heterocycles. The van der Waals surface area contributed by atoms with Gasteiger partial charge in [-0.3, -0.25) is 4.79 Å². The van der Waals surface area contributed by atoms with Gasteiger partial charge in [0.15, 0.2) is 0 Å². The van der Waals surface area contributed by atoms with E-state index in [0.717, 1.165) is 4.90 Å². The van der Waals surface area contributed by atoms with Gasteiger partial charge in [-0.25, -0.2) is 9.18 Å². The number of carboxylic acid groups (broad SMARTS) is 1. The molecule has 1 heterocycles. The first-order valence-electron chi connectivity index (χ1n) is 5.51. The molecule has 0 spiro atoms. The number of nitrogens with zero attached hydrogens (tertiary/aromatic N) is 1. The summed E-state index contributed by atoms with van der Waals surface area (Å²) in [6.45, 7) is -0.450. The summed E-state index contributed by atoms with van der Waals surface area (Å²) in [5.74, 6) is -2.08. The van der Waals surface area contributed by atoms with Crippen LogP contribution in [0.2, 0.25) is 10.0 Å². The molecule has 0 bridgehead atoms. The van der Waals surface area contributed by atoms with E-state index >= 15 is 0 Å². The van der Waals surface area contributed by atoms with Crippen LogP contribution < -0.4 is 0 Å². The predicted molar refractivity (Wildman–Crippen MR) is 68.5 cm³/mol. The van der Waals surface area contributed by atoms with E-state index in [1.165, 1.54) is 12.1 Å². The molecule has 0 radical (unpaired) electrons. The molecule has 1 amide bonds.